The smallest absolute Gasteiger partial charge is 0.0628 e. The van der Waals surface area contributed by atoms with E-state index in [-0.39, 0.29) is 12.6 Å². The van der Waals surface area contributed by atoms with Crippen LogP contribution in [0.25, 0.3) is 0 Å². The molecule has 18 heavy (non-hydrogen) atoms. The lowest BCUT2D eigenvalue weighted by Gasteiger charge is -2.26. The highest BCUT2D eigenvalue weighted by Gasteiger charge is 2.15. The molecule has 0 radical (unpaired) electrons. The Morgan fingerprint density at radius 3 is 2.06 bits per heavy atom. The number of benzene rings is 2. The van der Waals surface area contributed by atoms with Gasteiger partial charge in [-0.2, -0.15) is 0 Å². The Morgan fingerprint density at radius 2 is 1.50 bits per heavy atom. The first-order valence-electron chi connectivity index (χ1n) is 6.21. The van der Waals surface area contributed by atoms with Gasteiger partial charge in [0.15, 0.2) is 0 Å². The standard InChI is InChI=1S/C16H19NO/c1-17(12-14-8-4-2-5-9-14)16(13-18)15-10-6-3-7-11-15/h2-11,16,18H,12-13H2,1H3/t16-/m0/s1. The van der Waals surface area contributed by atoms with Crippen molar-refractivity contribution in [1.29, 1.82) is 0 Å². The summed E-state index contributed by atoms with van der Waals surface area (Å²) >= 11 is 0. The van der Waals surface area contributed by atoms with E-state index in [1.807, 2.05) is 43.4 Å². The van der Waals surface area contributed by atoms with Crippen molar-refractivity contribution in [2.75, 3.05) is 13.7 Å². The van der Waals surface area contributed by atoms with Gasteiger partial charge < -0.3 is 5.11 Å². The van der Waals surface area contributed by atoms with E-state index in [1.165, 1.54) is 5.56 Å². The first-order valence-corrected chi connectivity index (χ1v) is 6.21. The van der Waals surface area contributed by atoms with Crippen LogP contribution in [0.2, 0.25) is 0 Å². The zero-order chi connectivity index (χ0) is 12.8. The molecule has 0 aliphatic rings. The van der Waals surface area contributed by atoms with Crippen LogP contribution in [0.15, 0.2) is 60.7 Å². The summed E-state index contributed by atoms with van der Waals surface area (Å²) < 4.78 is 0. The molecule has 0 aliphatic carbocycles. The molecule has 1 atom stereocenters. The van der Waals surface area contributed by atoms with Crippen molar-refractivity contribution in [1.82, 2.24) is 4.90 Å². The minimum atomic E-state index is 0.0476. The Balaban J connectivity index is 2.09. The van der Waals surface area contributed by atoms with Gasteiger partial charge >= 0.3 is 0 Å². The number of likely N-dealkylation sites (N-methyl/N-ethyl adjacent to an activating group) is 1. The lowest BCUT2D eigenvalue weighted by Crippen LogP contribution is -2.26. The maximum atomic E-state index is 9.59. The summed E-state index contributed by atoms with van der Waals surface area (Å²) in [6.45, 7) is 0.967. The van der Waals surface area contributed by atoms with Crippen LogP contribution in [0, 0.1) is 0 Å². The van der Waals surface area contributed by atoms with Crippen molar-refractivity contribution >= 4 is 0 Å². The molecule has 0 bridgehead atoms. The molecular weight excluding hydrogens is 222 g/mol. The number of hydrogen-bond donors (Lipinski definition) is 1. The lowest BCUT2D eigenvalue weighted by atomic mass is 10.1. The molecule has 0 spiro atoms. The molecule has 94 valence electrons. The zero-order valence-corrected chi connectivity index (χ0v) is 10.7. The molecule has 0 aliphatic heterocycles. The number of hydrogen-bond acceptors (Lipinski definition) is 2. The van der Waals surface area contributed by atoms with Crippen molar-refractivity contribution in [2.24, 2.45) is 0 Å². The van der Waals surface area contributed by atoms with Crippen LogP contribution in [-0.4, -0.2) is 23.7 Å². The summed E-state index contributed by atoms with van der Waals surface area (Å²) in [6, 6.07) is 20.5. The van der Waals surface area contributed by atoms with Crippen LogP contribution in [0.5, 0.6) is 0 Å². The summed E-state index contributed by atoms with van der Waals surface area (Å²) in [6.07, 6.45) is 0. The van der Waals surface area contributed by atoms with Crippen LogP contribution in [0.1, 0.15) is 17.2 Å². The van der Waals surface area contributed by atoms with Crippen molar-refractivity contribution in [3.8, 4) is 0 Å². The normalized spacial score (nSPS) is 12.6. The second kappa shape index (κ2) is 6.34. The van der Waals surface area contributed by atoms with Crippen molar-refractivity contribution in [2.45, 2.75) is 12.6 Å². The number of aliphatic hydroxyl groups is 1. The second-order valence-electron chi connectivity index (χ2n) is 4.51. The topological polar surface area (TPSA) is 23.5 Å². The predicted octanol–water partition coefficient (Wildman–Crippen LogP) is 2.85. The summed E-state index contributed by atoms with van der Waals surface area (Å²) in [7, 11) is 2.04. The Kier molecular flexibility index (Phi) is 4.51. The number of aliphatic hydroxyl groups excluding tert-OH is 1. The monoisotopic (exact) mass is 241 g/mol. The fourth-order valence-corrected chi connectivity index (χ4v) is 2.16. The summed E-state index contributed by atoms with van der Waals surface area (Å²) in [4.78, 5) is 2.17. The highest BCUT2D eigenvalue weighted by Crippen LogP contribution is 2.20. The molecule has 0 fully saturated rings. The van der Waals surface area contributed by atoms with Crippen molar-refractivity contribution in [3.63, 3.8) is 0 Å². The van der Waals surface area contributed by atoms with Gasteiger partial charge in [0.2, 0.25) is 0 Å². The lowest BCUT2D eigenvalue weighted by molar-refractivity contribution is 0.142. The van der Waals surface area contributed by atoms with Gasteiger partial charge in [0.25, 0.3) is 0 Å². The summed E-state index contributed by atoms with van der Waals surface area (Å²) in [5.41, 5.74) is 2.41. The van der Waals surface area contributed by atoms with Gasteiger partial charge in [-0.3, -0.25) is 4.90 Å². The highest BCUT2D eigenvalue weighted by molar-refractivity contribution is 5.20. The molecule has 2 rings (SSSR count). The average molecular weight is 241 g/mol. The van der Waals surface area contributed by atoms with Crippen LogP contribution >= 0.6 is 0 Å². The van der Waals surface area contributed by atoms with Crippen molar-refractivity contribution in [3.05, 3.63) is 71.8 Å². The maximum Gasteiger partial charge on any atom is 0.0628 e. The molecular formula is C16H19NO. The fraction of sp³-hybridized carbons (Fsp3) is 0.250. The summed E-state index contributed by atoms with van der Waals surface area (Å²) in [5, 5.41) is 9.59. The average Bonchev–Trinajstić information content (AvgIpc) is 2.42. The molecule has 0 heterocycles. The van der Waals surface area contributed by atoms with E-state index >= 15 is 0 Å². The molecule has 0 amide bonds. The largest absolute Gasteiger partial charge is 0.394 e. The van der Waals surface area contributed by atoms with Crippen LogP contribution in [0.4, 0.5) is 0 Å². The molecule has 2 nitrogen and oxygen atoms in total. The first-order chi connectivity index (χ1) is 8.81. The van der Waals surface area contributed by atoms with E-state index < -0.39 is 0 Å². The van der Waals surface area contributed by atoms with E-state index in [2.05, 4.69) is 29.2 Å². The van der Waals surface area contributed by atoms with E-state index in [0.717, 1.165) is 12.1 Å². The maximum absolute atomic E-state index is 9.59. The van der Waals surface area contributed by atoms with Gasteiger partial charge in [-0.05, 0) is 18.2 Å². The second-order valence-corrected chi connectivity index (χ2v) is 4.51. The molecule has 0 aromatic heterocycles. The molecule has 2 heteroatoms. The zero-order valence-electron chi connectivity index (χ0n) is 10.7. The Labute approximate surface area is 109 Å². The molecule has 0 saturated heterocycles. The van der Waals surface area contributed by atoms with Crippen molar-refractivity contribution < 1.29 is 5.11 Å². The molecule has 1 N–H and O–H groups in total. The van der Waals surface area contributed by atoms with Gasteiger partial charge in [0, 0.05) is 6.54 Å². The third kappa shape index (κ3) is 3.19. The quantitative estimate of drug-likeness (QED) is 0.870. The van der Waals surface area contributed by atoms with Gasteiger partial charge in [-0.15, -0.1) is 0 Å². The number of rotatable bonds is 5. The fourth-order valence-electron chi connectivity index (χ4n) is 2.16. The first kappa shape index (κ1) is 12.8. The molecule has 2 aromatic carbocycles. The van der Waals surface area contributed by atoms with E-state index in [0.29, 0.717) is 0 Å². The minimum absolute atomic E-state index is 0.0476. The van der Waals surface area contributed by atoms with E-state index in [9.17, 15) is 5.11 Å². The van der Waals surface area contributed by atoms with Crippen LogP contribution < -0.4 is 0 Å². The third-order valence-electron chi connectivity index (χ3n) is 3.16. The van der Waals surface area contributed by atoms with Gasteiger partial charge in [-0.1, -0.05) is 60.7 Å². The Hall–Kier alpha value is -1.64. The third-order valence-corrected chi connectivity index (χ3v) is 3.16. The van der Waals surface area contributed by atoms with E-state index in [1.54, 1.807) is 0 Å². The van der Waals surface area contributed by atoms with Crippen LogP contribution in [-0.2, 0) is 6.54 Å². The van der Waals surface area contributed by atoms with Gasteiger partial charge in [-0.25, -0.2) is 0 Å². The van der Waals surface area contributed by atoms with E-state index in [4.69, 9.17) is 0 Å². The Morgan fingerprint density at radius 1 is 0.944 bits per heavy atom. The predicted molar refractivity (Wildman–Crippen MR) is 74.2 cm³/mol. The number of nitrogens with zero attached hydrogens (tertiary/aromatic N) is 1. The highest BCUT2D eigenvalue weighted by atomic mass is 16.3. The SMILES string of the molecule is CN(Cc1ccccc1)[C@@H](CO)c1ccccc1. The van der Waals surface area contributed by atoms with Gasteiger partial charge in [0.05, 0.1) is 12.6 Å². The minimum Gasteiger partial charge on any atom is -0.394 e. The molecule has 0 unspecified atom stereocenters. The van der Waals surface area contributed by atoms with Gasteiger partial charge in [0.1, 0.15) is 0 Å². The Bertz CT molecular complexity index is 455. The molecule has 0 saturated carbocycles. The van der Waals surface area contributed by atoms with Crippen LogP contribution in [0.3, 0.4) is 0 Å². The summed E-state index contributed by atoms with van der Waals surface area (Å²) in [5.74, 6) is 0. The molecule has 2 aromatic rings.